The molecule has 1 aliphatic carbocycles. The number of benzene rings is 2. The molecular formula is C31H38ClN3O3. The molecule has 1 amide bonds. The highest BCUT2D eigenvalue weighted by atomic mass is 35.5. The van der Waals surface area contributed by atoms with Crippen molar-refractivity contribution in [3.63, 3.8) is 0 Å². The third kappa shape index (κ3) is 4.79. The predicted octanol–water partition coefficient (Wildman–Crippen LogP) is 6.55. The van der Waals surface area contributed by atoms with Crippen LogP contribution in [0.3, 0.4) is 0 Å². The van der Waals surface area contributed by atoms with Crippen molar-refractivity contribution in [2.24, 2.45) is 5.92 Å². The molecule has 0 atom stereocenters. The number of carbonyl (C=O) groups is 2. The van der Waals surface area contributed by atoms with Gasteiger partial charge in [-0.15, -0.1) is 12.4 Å². The van der Waals surface area contributed by atoms with Crippen molar-refractivity contribution in [2.45, 2.75) is 64.3 Å². The molecule has 2 aliphatic heterocycles. The lowest BCUT2D eigenvalue weighted by atomic mass is 9.81. The topological polar surface area (TPSA) is 65.8 Å². The number of hydrogen-bond donors (Lipinski definition) is 1. The summed E-state index contributed by atoms with van der Waals surface area (Å²) in [6, 6.07) is 14.6. The summed E-state index contributed by atoms with van der Waals surface area (Å²) in [6.45, 7) is 6.09. The highest BCUT2D eigenvalue weighted by Gasteiger charge is 2.31. The summed E-state index contributed by atoms with van der Waals surface area (Å²) in [5.74, 6) is 0.387. The van der Waals surface area contributed by atoms with Crippen molar-refractivity contribution in [3.8, 4) is 11.3 Å². The van der Waals surface area contributed by atoms with E-state index in [9.17, 15) is 14.7 Å². The van der Waals surface area contributed by atoms with Crippen molar-refractivity contribution >= 4 is 40.9 Å². The Labute approximate surface area is 231 Å². The Bertz CT molecular complexity index is 1340. The zero-order chi connectivity index (χ0) is 25.5. The number of fused-ring (bicyclic) bond motifs is 5. The van der Waals surface area contributed by atoms with Gasteiger partial charge in [-0.25, -0.2) is 4.79 Å². The maximum absolute atomic E-state index is 11.9. The van der Waals surface area contributed by atoms with Crippen molar-refractivity contribution in [2.75, 3.05) is 31.1 Å². The predicted molar refractivity (Wildman–Crippen MR) is 155 cm³/mol. The maximum atomic E-state index is 11.9. The Hall–Kier alpha value is -2.99. The summed E-state index contributed by atoms with van der Waals surface area (Å²) in [6.07, 6.45) is 8.32. The van der Waals surface area contributed by atoms with E-state index < -0.39 is 5.97 Å². The Balaban J connectivity index is 0.00000294. The number of amides is 1. The molecule has 0 bridgehead atoms. The molecule has 3 heterocycles. The van der Waals surface area contributed by atoms with Crippen molar-refractivity contribution in [1.82, 2.24) is 9.47 Å². The SMILES string of the molecule is CC(=O)N1CCC(CN2CCn3c(c(C4CCCCC4)c4ccc(C(=O)O)cc43)-c3ccccc32)CC1.Cl. The first-order valence-electron chi connectivity index (χ1n) is 14.0. The van der Waals surface area contributed by atoms with Crippen molar-refractivity contribution < 1.29 is 14.7 Å². The minimum absolute atomic E-state index is 0. The van der Waals surface area contributed by atoms with Crippen molar-refractivity contribution in [1.29, 1.82) is 0 Å². The molecule has 1 saturated heterocycles. The molecule has 0 radical (unpaired) electrons. The Morgan fingerprint density at radius 1 is 0.921 bits per heavy atom. The van der Waals surface area contributed by atoms with Crippen LogP contribution < -0.4 is 4.90 Å². The molecule has 0 unspecified atom stereocenters. The van der Waals surface area contributed by atoms with Crippen LogP contribution in [0.15, 0.2) is 42.5 Å². The number of para-hydroxylation sites is 1. The normalized spacial score (nSPS) is 18.4. The molecule has 1 N–H and O–H groups in total. The molecular weight excluding hydrogens is 498 g/mol. The lowest BCUT2D eigenvalue weighted by Crippen LogP contribution is -2.41. The lowest BCUT2D eigenvalue weighted by molar-refractivity contribution is -0.130. The first-order valence-corrected chi connectivity index (χ1v) is 14.0. The largest absolute Gasteiger partial charge is 0.478 e. The molecule has 6 rings (SSSR count). The van der Waals surface area contributed by atoms with Gasteiger partial charge in [0, 0.05) is 61.8 Å². The van der Waals surface area contributed by atoms with Gasteiger partial charge in [0.1, 0.15) is 0 Å². The number of anilines is 1. The van der Waals surface area contributed by atoms with E-state index in [0.717, 1.165) is 51.1 Å². The molecule has 6 nitrogen and oxygen atoms in total. The van der Waals surface area contributed by atoms with Gasteiger partial charge >= 0.3 is 5.97 Å². The number of aromatic nitrogens is 1. The molecule has 1 saturated carbocycles. The van der Waals surface area contributed by atoms with Gasteiger partial charge in [-0.3, -0.25) is 4.79 Å². The monoisotopic (exact) mass is 535 g/mol. The van der Waals surface area contributed by atoms with Crippen LogP contribution in [0.1, 0.15) is 73.7 Å². The van der Waals surface area contributed by atoms with Gasteiger partial charge in [-0.2, -0.15) is 0 Å². The van der Waals surface area contributed by atoms with E-state index in [1.165, 1.54) is 60.0 Å². The molecule has 3 aliphatic rings. The number of aromatic carboxylic acids is 1. The second-order valence-corrected chi connectivity index (χ2v) is 11.2. The number of carbonyl (C=O) groups excluding carboxylic acids is 1. The summed E-state index contributed by atoms with van der Waals surface area (Å²) in [5, 5.41) is 11.0. The van der Waals surface area contributed by atoms with Gasteiger partial charge in [0.15, 0.2) is 0 Å². The van der Waals surface area contributed by atoms with Gasteiger partial charge in [-0.05, 0) is 61.3 Å². The minimum atomic E-state index is -0.871. The third-order valence-electron chi connectivity index (χ3n) is 9.00. The van der Waals surface area contributed by atoms with E-state index >= 15 is 0 Å². The van der Waals surface area contributed by atoms with E-state index in [4.69, 9.17) is 0 Å². The van der Waals surface area contributed by atoms with Crippen LogP contribution in [0.5, 0.6) is 0 Å². The van der Waals surface area contributed by atoms with Gasteiger partial charge in [-0.1, -0.05) is 43.5 Å². The van der Waals surface area contributed by atoms with Gasteiger partial charge in [0.05, 0.1) is 11.3 Å². The molecule has 38 heavy (non-hydrogen) atoms. The van der Waals surface area contributed by atoms with Crippen LogP contribution in [0, 0.1) is 5.92 Å². The van der Waals surface area contributed by atoms with Crippen LogP contribution in [0.2, 0.25) is 0 Å². The fourth-order valence-corrected chi connectivity index (χ4v) is 7.06. The van der Waals surface area contributed by atoms with E-state index in [1.54, 1.807) is 13.0 Å². The van der Waals surface area contributed by atoms with Crippen molar-refractivity contribution in [3.05, 3.63) is 53.6 Å². The molecule has 0 spiro atoms. The summed E-state index contributed by atoms with van der Waals surface area (Å²) in [4.78, 5) is 28.2. The minimum Gasteiger partial charge on any atom is -0.478 e. The third-order valence-corrected chi connectivity index (χ3v) is 9.00. The Morgan fingerprint density at radius 2 is 1.66 bits per heavy atom. The zero-order valence-corrected chi connectivity index (χ0v) is 23.0. The second kappa shape index (κ2) is 11.0. The van der Waals surface area contributed by atoms with Crippen LogP contribution in [0.25, 0.3) is 22.2 Å². The second-order valence-electron chi connectivity index (χ2n) is 11.2. The summed E-state index contributed by atoms with van der Waals surface area (Å²) < 4.78 is 2.42. The van der Waals surface area contributed by atoms with Gasteiger partial charge in [0.25, 0.3) is 0 Å². The summed E-state index contributed by atoms with van der Waals surface area (Å²) >= 11 is 0. The van der Waals surface area contributed by atoms with Gasteiger partial charge in [0.2, 0.25) is 5.91 Å². The molecule has 2 fully saturated rings. The number of carboxylic acids is 1. The van der Waals surface area contributed by atoms with Crippen LogP contribution in [0.4, 0.5) is 5.69 Å². The number of halogens is 1. The Kier molecular flexibility index (Phi) is 7.71. The highest BCUT2D eigenvalue weighted by Crippen LogP contribution is 2.47. The first kappa shape index (κ1) is 26.6. The van der Waals surface area contributed by atoms with Crippen LogP contribution in [-0.4, -0.2) is 52.6 Å². The van der Waals surface area contributed by atoms with E-state index in [0.29, 0.717) is 17.4 Å². The maximum Gasteiger partial charge on any atom is 0.335 e. The standard InChI is InChI=1S/C31H37N3O3.ClH/c1-21(35)32-15-13-22(14-16-32)20-33-17-18-34-28-19-24(31(36)37)11-12-25(28)29(23-7-3-2-4-8-23)30(34)26-9-5-6-10-27(26)33;/h5-6,9-12,19,22-23H,2-4,7-8,13-18,20H2,1H3,(H,36,37);1H. The molecule has 3 aromatic rings. The average Bonchev–Trinajstić information content (AvgIpc) is 3.16. The number of hydrogen-bond acceptors (Lipinski definition) is 3. The smallest absolute Gasteiger partial charge is 0.335 e. The summed E-state index contributed by atoms with van der Waals surface area (Å²) in [7, 11) is 0. The van der Waals surface area contributed by atoms with E-state index in [1.807, 2.05) is 11.0 Å². The van der Waals surface area contributed by atoms with Crippen LogP contribution in [-0.2, 0) is 11.3 Å². The molecule has 2 aromatic carbocycles. The average molecular weight is 536 g/mol. The zero-order valence-electron chi connectivity index (χ0n) is 22.2. The number of piperidine rings is 1. The Morgan fingerprint density at radius 3 is 2.37 bits per heavy atom. The molecule has 7 heteroatoms. The van der Waals surface area contributed by atoms with Crippen LogP contribution >= 0.6 is 12.4 Å². The lowest BCUT2D eigenvalue weighted by Gasteiger charge is -2.35. The first-order chi connectivity index (χ1) is 18.0. The highest BCUT2D eigenvalue weighted by molar-refractivity contribution is 5.99. The van der Waals surface area contributed by atoms with E-state index in [2.05, 4.69) is 39.8 Å². The molecule has 202 valence electrons. The quantitative estimate of drug-likeness (QED) is 0.411. The number of nitrogens with zero attached hydrogens (tertiary/aromatic N) is 3. The summed E-state index contributed by atoms with van der Waals surface area (Å²) in [5.41, 5.74) is 6.70. The fraction of sp³-hybridized carbons (Fsp3) is 0.484. The van der Waals surface area contributed by atoms with E-state index in [-0.39, 0.29) is 18.3 Å². The molecule has 1 aromatic heterocycles. The van der Waals surface area contributed by atoms with Gasteiger partial charge < -0.3 is 19.5 Å². The number of rotatable bonds is 4. The number of carboxylic acid groups (broad SMARTS) is 1. The number of likely N-dealkylation sites (tertiary alicyclic amines) is 1. The fourth-order valence-electron chi connectivity index (χ4n) is 7.06.